The van der Waals surface area contributed by atoms with E-state index in [1.54, 1.807) is 0 Å². The summed E-state index contributed by atoms with van der Waals surface area (Å²) in [7, 11) is 0. The number of nitrogens with one attached hydrogen (secondary N) is 1. The van der Waals surface area contributed by atoms with Gasteiger partial charge in [-0.25, -0.2) is 0 Å². The number of hydrogen-bond acceptors (Lipinski definition) is 2. The van der Waals surface area contributed by atoms with E-state index >= 15 is 0 Å². The van der Waals surface area contributed by atoms with Crippen molar-refractivity contribution in [2.24, 2.45) is 5.92 Å². The first-order valence-electron chi connectivity index (χ1n) is 6.82. The van der Waals surface area contributed by atoms with Gasteiger partial charge in [0.2, 0.25) is 5.91 Å². The van der Waals surface area contributed by atoms with E-state index in [1.165, 1.54) is 0 Å². The minimum atomic E-state index is 0.0924. The minimum absolute atomic E-state index is 0.0924. The van der Waals surface area contributed by atoms with Crippen molar-refractivity contribution in [3.63, 3.8) is 0 Å². The van der Waals surface area contributed by atoms with E-state index in [4.69, 9.17) is 5.11 Å². The molecule has 0 spiro atoms. The third kappa shape index (κ3) is 4.62. The molecule has 0 heterocycles. The lowest BCUT2D eigenvalue weighted by Gasteiger charge is -2.27. The Morgan fingerprint density at radius 2 is 1.84 bits per heavy atom. The number of carbonyl (C=O) groups is 1. The molecule has 1 aromatic rings. The van der Waals surface area contributed by atoms with Gasteiger partial charge in [-0.15, -0.1) is 0 Å². The van der Waals surface area contributed by atoms with Crippen LogP contribution in [0.5, 0.6) is 0 Å². The maximum absolute atomic E-state index is 11.9. The number of halogens is 1. The number of amides is 1. The Morgan fingerprint density at radius 1 is 1.21 bits per heavy atom. The number of benzene rings is 1. The lowest BCUT2D eigenvalue weighted by atomic mass is 9.86. The highest BCUT2D eigenvalue weighted by atomic mass is 79.9. The van der Waals surface area contributed by atoms with Crippen LogP contribution in [-0.2, 0) is 11.2 Å². The molecule has 0 aliphatic heterocycles. The van der Waals surface area contributed by atoms with Gasteiger partial charge in [-0.05, 0) is 49.3 Å². The zero-order chi connectivity index (χ0) is 13.7. The fourth-order valence-corrected chi connectivity index (χ4v) is 2.82. The van der Waals surface area contributed by atoms with E-state index in [0.717, 1.165) is 35.7 Å². The Balaban J connectivity index is 1.77. The van der Waals surface area contributed by atoms with Gasteiger partial charge in [-0.2, -0.15) is 0 Å². The predicted octanol–water partition coefficient (Wildman–Crippen LogP) is 2.66. The Morgan fingerprint density at radius 3 is 2.42 bits per heavy atom. The van der Waals surface area contributed by atoms with Crippen molar-refractivity contribution < 1.29 is 9.90 Å². The molecule has 4 heteroatoms. The summed E-state index contributed by atoms with van der Waals surface area (Å²) in [5.74, 6) is 0.523. The highest BCUT2D eigenvalue weighted by Crippen LogP contribution is 2.23. The smallest absolute Gasteiger partial charge is 0.224 e. The zero-order valence-electron chi connectivity index (χ0n) is 10.9. The van der Waals surface area contributed by atoms with Crippen LogP contribution in [0.25, 0.3) is 0 Å². The van der Waals surface area contributed by atoms with Crippen LogP contribution in [-0.4, -0.2) is 23.7 Å². The van der Waals surface area contributed by atoms with Crippen molar-refractivity contribution in [2.45, 2.75) is 38.1 Å². The van der Waals surface area contributed by atoms with Crippen molar-refractivity contribution in [1.82, 2.24) is 5.32 Å². The lowest BCUT2D eigenvalue weighted by Crippen LogP contribution is -2.38. The molecule has 2 N–H and O–H groups in total. The zero-order valence-corrected chi connectivity index (χ0v) is 12.5. The monoisotopic (exact) mass is 325 g/mol. The fraction of sp³-hybridized carbons (Fsp3) is 0.533. The van der Waals surface area contributed by atoms with Crippen molar-refractivity contribution in [1.29, 1.82) is 0 Å². The molecule has 1 fully saturated rings. The van der Waals surface area contributed by atoms with Gasteiger partial charge < -0.3 is 10.4 Å². The van der Waals surface area contributed by atoms with Crippen LogP contribution in [0.15, 0.2) is 28.7 Å². The average molecular weight is 326 g/mol. The summed E-state index contributed by atoms with van der Waals surface area (Å²) in [6, 6.07) is 8.12. The van der Waals surface area contributed by atoms with E-state index in [2.05, 4.69) is 21.2 Å². The second kappa shape index (κ2) is 7.06. The fourth-order valence-electron chi connectivity index (χ4n) is 2.56. The Hall–Kier alpha value is -0.870. The molecule has 0 unspecified atom stereocenters. The predicted molar refractivity (Wildman–Crippen MR) is 78.8 cm³/mol. The first-order chi connectivity index (χ1) is 9.17. The van der Waals surface area contributed by atoms with Crippen LogP contribution < -0.4 is 5.32 Å². The number of hydrogen-bond donors (Lipinski definition) is 2. The highest BCUT2D eigenvalue weighted by Gasteiger charge is 2.21. The molecule has 2 rings (SSSR count). The molecule has 0 atom stereocenters. The van der Waals surface area contributed by atoms with Gasteiger partial charge in [0.25, 0.3) is 0 Å². The van der Waals surface area contributed by atoms with E-state index in [9.17, 15) is 4.79 Å². The van der Waals surface area contributed by atoms with Crippen molar-refractivity contribution in [3.05, 3.63) is 34.3 Å². The first-order valence-corrected chi connectivity index (χ1v) is 7.61. The molecule has 0 radical (unpaired) electrons. The third-order valence-electron chi connectivity index (χ3n) is 3.75. The largest absolute Gasteiger partial charge is 0.396 e. The topological polar surface area (TPSA) is 49.3 Å². The average Bonchev–Trinajstić information content (AvgIpc) is 2.42. The summed E-state index contributed by atoms with van der Waals surface area (Å²) in [6.07, 6.45) is 4.43. The number of rotatable bonds is 4. The van der Waals surface area contributed by atoms with Crippen LogP contribution in [0.2, 0.25) is 0 Å². The van der Waals surface area contributed by atoms with Crippen molar-refractivity contribution >= 4 is 21.8 Å². The normalized spacial score (nSPS) is 23.1. The van der Waals surface area contributed by atoms with E-state index in [0.29, 0.717) is 12.3 Å². The van der Waals surface area contributed by atoms with Crippen LogP contribution in [0.1, 0.15) is 31.2 Å². The van der Waals surface area contributed by atoms with Crippen LogP contribution in [0, 0.1) is 5.92 Å². The molecule has 1 aliphatic carbocycles. The maximum Gasteiger partial charge on any atom is 0.224 e. The van der Waals surface area contributed by atoms with Gasteiger partial charge >= 0.3 is 0 Å². The Kier molecular flexibility index (Phi) is 5.40. The second-order valence-corrected chi connectivity index (χ2v) is 6.19. The van der Waals surface area contributed by atoms with Gasteiger partial charge in [0.15, 0.2) is 0 Å². The molecule has 1 amide bonds. The van der Waals surface area contributed by atoms with Gasteiger partial charge in [-0.3, -0.25) is 4.79 Å². The van der Waals surface area contributed by atoms with Crippen LogP contribution >= 0.6 is 15.9 Å². The summed E-state index contributed by atoms with van der Waals surface area (Å²) < 4.78 is 1.03. The summed E-state index contributed by atoms with van der Waals surface area (Å²) in [5, 5.41) is 12.2. The molecule has 19 heavy (non-hydrogen) atoms. The molecule has 0 saturated heterocycles. The summed E-state index contributed by atoms with van der Waals surface area (Å²) in [5.41, 5.74) is 1.03. The molecule has 104 valence electrons. The SMILES string of the molecule is O=C(Cc1ccc(Br)cc1)NC1CCC(CO)CC1. The number of aliphatic hydroxyl groups excluding tert-OH is 1. The highest BCUT2D eigenvalue weighted by molar-refractivity contribution is 9.10. The molecular formula is C15H20BrNO2. The van der Waals surface area contributed by atoms with E-state index < -0.39 is 0 Å². The van der Waals surface area contributed by atoms with Crippen molar-refractivity contribution in [3.8, 4) is 0 Å². The lowest BCUT2D eigenvalue weighted by molar-refractivity contribution is -0.121. The molecule has 1 aromatic carbocycles. The van der Waals surface area contributed by atoms with E-state index in [-0.39, 0.29) is 18.6 Å². The van der Waals surface area contributed by atoms with Gasteiger partial charge in [0, 0.05) is 17.1 Å². The number of carbonyl (C=O) groups excluding carboxylic acids is 1. The van der Waals surface area contributed by atoms with Gasteiger partial charge in [0.1, 0.15) is 0 Å². The van der Waals surface area contributed by atoms with Crippen molar-refractivity contribution in [2.75, 3.05) is 6.61 Å². The quantitative estimate of drug-likeness (QED) is 0.894. The standard InChI is InChI=1S/C15H20BrNO2/c16-13-5-1-11(2-6-13)9-15(19)17-14-7-3-12(10-18)4-8-14/h1-2,5-6,12,14,18H,3-4,7-10H2,(H,17,19). The van der Waals surface area contributed by atoms with Crippen LogP contribution in [0.3, 0.4) is 0 Å². The summed E-state index contributed by atoms with van der Waals surface area (Å²) in [6.45, 7) is 0.277. The molecule has 0 bridgehead atoms. The molecule has 1 saturated carbocycles. The Bertz CT molecular complexity index is 411. The van der Waals surface area contributed by atoms with E-state index in [1.807, 2.05) is 24.3 Å². The third-order valence-corrected chi connectivity index (χ3v) is 4.28. The second-order valence-electron chi connectivity index (χ2n) is 5.27. The number of aliphatic hydroxyl groups is 1. The summed E-state index contributed by atoms with van der Waals surface area (Å²) in [4.78, 5) is 11.9. The minimum Gasteiger partial charge on any atom is -0.396 e. The molecule has 0 aromatic heterocycles. The van der Waals surface area contributed by atoms with Gasteiger partial charge in [0.05, 0.1) is 6.42 Å². The maximum atomic E-state index is 11.9. The molecule has 3 nitrogen and oxygen atoms in total. The Labute approximate surface area is 122 Å². The van der Waals surface area contributed by atoms with Gasteiger partial charge in [-0.1, -0.05) is 28.1 Å². The first kappa shape index (κ1) is 14.5. The molecule has 1 aliphatic rings. The summed E-state index contributed by atoms with van der Waals surface area (Å²) >= 11 is 3.38. The molecular weight excluding hydrogens is 306 g/mol. The van der Waals surface area contributed by atoms with Crippen LogP contribution in [0.4, 0.5) is 0 Å².